The minimum absolute atomic E-state index is 0.00396. The number of hydrogen-bond acceptors (Lipinski definition) is 4. The van der Waals surface area contributed by atoms with Crippen molar-refractivity contribution in [1.29, 1.82) is 0 Å². The summed E-state index contributed by atoms with van der Waals surface area (Å²) in [4.78, 5) is 27.1. The van der Waals surface area contributed by atoms with Crippen LogP contribution in [0.25, 0.3) is 0 Å². The van der Waals surface area contributed by atoms with Gasteiger partial charge in [-0.15, -0.1) is 0 Å². The summed E-state index contributed by atoms with van der Waals surface area (Å²) in [5, 5.41) is 11.9. The number of rotatable bonds is 5. The van der Waals surface area contributed by atoms with Crippen molar-refractivity contribution in [3.8, 4) is 0 Å². The van der Waals surface area contributed by atoms with Crippen LogP contribution >= 0.6 is 0 Å². The molecule has 1 aromatic heterocycles. The van der Waals surface area contributed by atoms with Gasteiger partial charge < -0.3 is 19.7 Å². The Morgan fingerprint density at radius 1 is 1.28 bits per heavy atom. The van der Waals surface area contributed by atoms with E-state index in [9.17, 15) is 9.59 Å². The van der Waals surface area contributed by atoms with Crippen LogP contribution in [0.3, 0.4) is 0 Å². The smallest absolute Gasteiger partial charge is 0.290 e. The van der Waals surface area contributed by atoms with E-state index < -0.39 is 6.04 Å². The van der Waals surface area contributed by atoms with Crippen molar-refractivity contribution in [3.05, 3.63) is 59.5 Å². The van der Waals surface area contributed by atoms with E-state index in [1.165, 1.54) is 6.26 Å². The van der Waals surface area contributed by atoms with Gasteiger partial charge in [0.05, 0.1) is 6.26 Å². The highest BCUT2D eigenvalue weighted by Gasteiger charge is 2.36. The van der Waals surface area contributed by atoms with E-state index in [1.807, 2.05) is 31.2 Å². The third kappa shape index (κ3) is 3.74. The molecule has 2 amide bonds. The molecule has 0 saturated carbocycles. The normalized spacial score (nSPS) is 17.7. The molecule has 3 rings (SSSR count). The monoisotopic (exact) mass is 342 g/mol. The predicted octanol–water partition coefficient (Wildman–Crippen LogP) is 1.73. The van der Waals surface area contributed by atoms with Gasteiger partial charge >= 0.3 is 0 Å². The molecular weight excluding hydrogens is 320 g/mol. The molecule has 2 aromatic rings. The Morgan fingerprint density at radius 3 is 2.72 bits per heavy atom. The molecule has 2 atom stereocenters. The SMILES string of the molecule is CC(CCO)NC(=O)C1Cc2ccccc2CN1C(=O)c1ccco1. The summed E-state index contributed by atoms with van der Waals surface area (Å²) in [6.07, 6.45) is 2.38. The molecule has 0 aliphatic carbocycles. The van der Waals surface area contributed by atoms with Crippen LogP contribution in [0.15, 0.2) is 47.1 Å². The number of furan rings is 1. The zero-order valence-corrected chi connectivity index (χ0v) is 14.1. The molecule has 2 N–H and O–H groups in total. The molecular formula is C19H22N2O4. The van der Waals surface area contributed by atoms with Gasteiger partial charge in [-0.1, -0.05) is 24.3 Å². The highest BCUT2D eigenvalue weighted by Crippen LogP contribution is 2.25. The molecule has 6 nitrogen and oxygen atoms in total. The fourth-order valence-electron chi connectivity index (χ4n) is 3.12. The second-order valence-electron chi connectivity index (χ2n) is 6.32. The number of aliphatic hydroxyl groups is 1. The summed E-state index contributed by atoms with van der Waals surface area (Å²) in [7, 11) is 0. The first-order valence-electron chi connectivity index (χ1n) is 8.42. The number of amides is 2. The van der Waals surface area contributed by atoms with E-state index in [2.05, 4.69) is 5.32 Å². The third-order valence-corrected chi connectivity index (χ3v) is 4.49. The third-order valence-electron chi connectivity index (χ3n) is 4.49. The molecule has 2 heterocycles. The maximum Gasteiger partial charge on any atom is 0.290 e. The summed E-state index contributed by atoms with van der Waals surface area (Å²) in [5.74, 6) is -0.287. The predicted molar refractivity (Wildman–Crippen MR) is 91.8 cm³/mol. The van der Waals surface area contributed by atoms with Gasteiger partial charge in [0.25, 0.3) is 5.91 Å². The summed E-state index contributed by atoms with van der Waals surface area (Å²) in [6, 6.07) is 10.3. The van der Waals surface area contributed by atoms with E-state index in [4.69, 9.17) is 9.52 Å². The molecule has 1 aliphatic rings. The Hall–Kier alpha value is -2.60. The zero-order chi connectivity index (χ0) is 17.8. The van der Waals surface area contributed by atoms with E-state index >= 15 is 0 Å². The van der Waals surface area contributed by atoms with Crippen molar-refractivity contribution in [3.63, 3.8) is 0 Å². The molecule has 6 heteroatoms. The number of fused-ring (bicyclic) bond motifs is 1. The van der Waals surface area contributed by atoms with Crippen LogP contribution in [-0.4, -0.2) is 40.5 Å². The number of aliphatic hydroxyl groups excluding tert-OH is 1. The highest BCUT2D eigenvalue weighted by atomic mass is 16.3. The maximum atomic E-state index is 12.8. The van der Waals surface area contributed by atoms with E-state index in [0.29, 0.717) is 19.4 Å². The average Bonchev–Trinajstić information content (AvgIpc) is 3.14. The van der Waals surface area contributed by atoms with Gasteiger partial charge in [0.1, 0.15) is 6.04 Å². The van der Waals surface area contributed by atoms with Crippen LogP contribution in [0, 0.1) is 0 Å². The van der Waals surface area contributed by atoms with Gasteiger partial charge in [-0.25, -0.2) is 0 Å². The number of nitrogens with one attached hydrogen (secondary N) is 1. The Labute approximate surface area is 146 Å². The standard InChI is InChI=1S/C19H22N2O4/c1-13(8-9-22)20-18(23)16-11-14-5-2-3-6-15(14)12-21(16)19(24)17-7-4-10-25-17/h2-7,10,13,16,22H,8-9,11-12H2,1H3,(H,20,23). The van der Waals surface area contributed by atoms with Crippen LogP contribution in [0.4, 0.5) is 0 Å². The molecule has 2 unspecified atom stereocenters. The minimum Gasteiger partial charge on any atom is -0.459 e. The van der Waals surface area contributed by atoms with Crippen LogP contribution < -0.4 is 5.32 Å². The zero-order valence-electron chi connectivity index (χ0n) is 14.1. The second kappa shape index (κ2) is 7.53. The van der Waals surface area contributed by atoms with Crippen molar-refractivity contribution < 1.29 is 19.1 Å². The number of carbonyl (C=O) groups is 2. The first-order valence-corrected chi connectivity index (χ1v) is 8.42. The van der Waals surface area contributed by atoms with E-state index in [0.717, 1.165) is 11.1 Å². The Morgan fingerprint density at radius 2 is 2.04 bits per heavy atom. The second-order valence-corrected chi connectivity index (χ2v) is 6.32. The van der Waals surface area contributed by atoms with Gasteiger partial charge in [0.2, 0.25) is 5.91 Å². The van der Waals surface area contributed by atoms with Crippen molar-refractivity contribution in [1.82, 2.24) is 10.2 Å². The molecule has 0 saturated heterocycles. The topological polar surface area (TPSA) is 82.8 Å². The van der Waals surface area contributed by atoms with Gasteiger partial charge in [-0.2, -0.15) is 0 Å². The quantitative estimate of drug-likeness (QED) is 0.867. The Bertz CT molecular complexity index is 742. The molecule has 0 fully saturated rings. The molecule has 0 bridgehead atoms. The summed E-state index contributed by atoms with van der Waals surface area (Å²) in [5.41, 5.74) is 2.11. The van der Waals surface area contributed by atoms with Crippen molar-refractivity contribution in [2.45, 2.75) is 38.4 Å². The Balaban J connectivity index is 1.86. The average molecular weight is 342 g/mol. The lowest BCUT2D eigenvalue weighted by molar-refractivity contribution is -0.126. The van der Waals surface area contributed by atoms with Crippen molar-refractivity contribution in [2.75, 3.05) is 6.61 Å². The van der Waals surface area contributed by atoms with Gasteiger partial charge in [0, 0.05) is 25.6 Å². The first-order chi connectivity index (χ1) is 12.1. The number of nitrogens with zero attached hydrogens (tertiary/aromatic N) is 1. The van der Waals surface area contributed by atoms with Crippen molar-refractivity contribution in [2.24, 2.45) is 0 Å². The number of carbonyl (C=O) groups excluding carboxylic acids is 2. The molecule has 25 heavy (non-hydrogen) atoms. The van der Waals surface area contributed by atoms with Gasteiger partial charge in [-0.05, 0) is 36.6 Å². The van der Waals surface area contributed by atoms with E-state index in [-0.39, 0.29) is 30.2 Å². The number of hydrogen-bond donors (Lipinski definition) is 2. The first kappa shape index (κ1) is 17.2. The number of benzene rings is 1. The lowest BCUT2D eigenvalue weighted by Gasteiger charge is -2.36. The van der Waals surface area contributed by atoms with Crippen LogP contribution in [0.5, 0.6) is 0 Å². The van der Waals surface area contributed by atoms with Crippen LogP contribution in [0.1, 0.15) is 35.0 Å². The summed E-state index contributed by atoms with van der Waals surface area (Å²) in [6.45, 7) is 2.20. The molecule has 1 aliphatic heterocycles. The largest absolute Gasteiger partial charge is 0.459 e. The lowest BCUT2D eigenvalue weighted by atomic mass is 9.93. The van der Waals surface area contributed by atoms with E-state index in [1.54, 1.807) is 17.0 Å². The lowest BCUT2D eigenvalue weighted by Crippen LogP contribution is -2.54. The minimum atomic E-state index is -0.603. The van der Waals surface area contributed by atoms with Gasteiger partial charge in [-0.3, -0.25) is 9.59 Å². The van der Waals surface area contributed by atoms with Gasteiger partial charge in [0.15, 0.2) is 5.76 Å². The maximum absolute atomic E-state index is 12.8. The molecule has 0 spiro atoms. The fourth-order valence-corrected chi connectivity index (χ4v) is 3.12. The fraction of sp³-hybridized carbons (Fsp3) is 0.368. The Kier molecular flexibility index (Phi) is 5.19. The summed E-state index contributed by atoms with van der Waals surface area (Å²) >= 11 is 0. The molecule has 132 valence electrons. The van der Waals surface area contributed by atoms with Crippen LogP contribution in [-0.2, 0) is 17.8 Å². The van der Waals surface area contributed by atoms with Crippen molar-refractivity contribution >= 4 is 11.8 Å². The van der Waals surface area contributed by atoms with Crippen LogP contribution in [0.2, 0.25) is 0 Å². The highest BCUT2D eigenvalue weighted by molar-refractivity contribution is 5.96. The molecule has 0 radical (unpaired) electrons. The molecule has 1 aromatic carbocycles. The summed E-state index contributed by atoms with van der Waals surface area (Å²) < 4.78 is 5.23.